The van der Waals surface area contributed by atoms with Crippen molar-refractivity contribution in [2.24, 2.45) is 0 Å². The zero-order chi connectivity index (χ0) is 15.6. The van der Waals surface area contributed by atoms with Gasteiger partial charge in [-0.15, -0.1) is 0 Å². The lowest BCUT2D eigenvalue weighted by Gasteiger charge is -2.11. The molecular weight excluding hydrogens is 291 g/mol. The molecule has 1 heterocycles. The highest BCUT2D eigenvalue weighted by Gasteiger charge is 2.38. The molecule has 0 aliphatic carbocycles. The summed E-state index contributed by atoms with van der Waals surface area (Å²) in [7, 11) is 0. The third-order valence-electron chi connectivity index (χ3n) is 2.73. The van der Waals surface area contributed by atoms with Gasteiger partial charge in [0.1, 0.15) is 11.4 Å². The summed E-state index contributed by atoms with van der Waals surface area (Å²) in [4.78, 5) is 9.56. The minimum absolute atomic E-state index is 0.0912. The molecule has 4 N–H and O–H groups in total. The fraction of sp³-hybridized carbons (Fsp3) is 0.182. The topological polar surface area (TPSA) is 110 Å². The summed E-state index contributed by atoms with van der Waals surface area (Å²) >= 11 is 0. The molecule has 1 aromatic carbocycles. The number of hydrogen-bond donors (Lipinski definition) is 3. The Morgan fingerprint density at radius 1 is 1.43 bits per heavy atom. The summed E-state index contributed by atoms with van der Waals surface area (Å²) in [6.07, 6.45) is -3.38. The van der Waals surface area contributed by atoms with Crippen LogP contribution in [-0.2, 0) is 12.7 Å². The first kappa shape index (κ1) is 14.6. The van der Waals surface area contributed by atoms with Crippen LogP contribution in [0.15, 0.2) is 24.4 Å². The number of nitrogens with zero attached hydrogens (tertiary/aromatic N) is 2. The number of rotatable bonds is 4. The van der Waals surface area contributed by atoms with E-state index in [1.54, 1.807) is 0 Å². The van der Waals surface area contributed by atoms with Gasteiger partial charge in [0.2, 0.25) is 0 Å². The zero-order valence-corrected chi connectivity index (χ0v) is 10.4. The lowest BCUT2D eigenvalue weighted by Crippen LogP contribution is -2.10. The molecule has 0 amide bonds. The molecule has 0 spiro atoms. The lowest BCUT2D eigenvalue weighted by molar-refractivity contribution is -0.388. The molecule has 0 bridgehead atoms. The highest BCUT2D eigenvalue weighted by molar-refractivity contribution is 5.55. The van der Waals surface area contributed by atoms with E-state index >= 15 is 0 Å². The minimum Gasteiger partial charge on any atom is -0.384 e. The Morgan fingerprint density at radius 2 is 2.14 bits per heavy atom. The first-order valence-electron chi connectivity index (χ1n) is 5.66. The van der Waals surface area contributed by atoms with Crippen molar-refractivity contribution in [3.63, 3.8) is 0 Å². The third kappa shape index (κ3) is 3.22. The van der Waals surface area contributed by atoms with Gasteiger partial charge in [0, 0.05) is 23.9 Å². The summed E-state index contributed by atoms with van der Waals surface area (Å²) < 4.78 is 38.4. The van der Waals surface area contributed by atoms with Crippen molar-refractivity contribution in [2.45, 2.75) is 12.7 Å². The highest BCUT2D eigenvalue weighted by atomic mass is 19.4. The standard InChI is InChI=1S/C11H10F3N5O2/c12-11(13,14)8-3-7(1-2-9(8)19(20)21)16-4-6-5-17-18-10(6)15/h1-3,5,16H,4H2,(H3,15,17,18). The molecule has 10 heteroatoms. The van der Waals surface area contributed by atoms with Crippen LogP contribution in [0.1, 0.15) is 11.1 Å². The molecule has 0 fully saturated rings. The van der Waals surface area contributed by atoms with Gasteiger partial charge >= 0.3 is 6.18 Å². The number of anilines is 2. The molecule has 0 aliphatic heterocycles. The van der Waals surface area contributed by atoms with Crippen molar-refractivity contribution in [1.82, 2.24) is 10.2 Å². The molecule has 0 radical (unpaired) electrons. The number of halogens is 3. The molecule has 7 nitrogen and oxygen atoms in total. The predicted molar refractivity (Wildman–Crippen MR) is 68.4 cm³/mol. The van der Waals surface area contributed by atoms with Crippen LogP contribution in [0.5, 0.6) is 0 Å². The van der Waals surface area contributed by atoms with Gasteiger partial charge in [-0.25, -0.2) is 0 Å². The van der Waals surface area contributed by atoms with Crippen molar-refractivity contribution in [3.05, 3.63) is 45.6 Å². The first-order valence-corrected chi connectivity index (χ1v) is 5.66. The van der Waals surface area contributed by atoms with Gasteiger partial charge in [0.25, 0.3) is 5.69 Å². The number of H-pyrrole nitrogens is 1. The normalized spacial score (nSPS) is 11.4. The summed E-state index contributed by atoms with van der Waals surface area (Å²) in [5, 5.41) is 19.5. The van der Waals surface area contributed by atoms with Gasteiger partial charge in [0.05, 0.1) is 11.1 Å². The largest absolute Gasteiger partial charge is 0.423 e. The average molecular weight is 301 g/mol. The molecule has 112 valence electrons. The Morgan fingerprint density at radius 3 is 2.67 bits per heavy atom. The maximum Gasteiger partial charge on any atom is 0.423 e. The SMILES string of the molecule is Nc1[nH]ncc1CNc1ccc([N+](=O)[O-])c(C(F)(F)F)c1. The number of nitrogen functional groups attached to an aromatic ring is 1. The number of nitro benzene ring substituents is 1. The highest BCUT2D eigenvalue weighted by Crippen LogP contribution is 2.37. The second-order valence-electron chi connectivity index (χ2n) is 4.15. The van der Waals surface area contributed by atoms with E-state index in [4.69, 9.17) is 5.73 Å². The Balaban J connectivity index is 2.26. The van der Waals surface area contributed by atoms with Crippen LogP contribution in [0, 0.1) is 10.1 Å². The second-order valence-corrected chi connectivity index (χ2v) is 4.15. The maximum absolute atomic E-state index is 12.8. The van der Waals surface area contributed by atoms with Crippen molar-refractivity contribution >= 4 is 17.2 Å². The van der Waals surface area contributed by atoms with Crippen LogP contribution in [0.3, 0.4) is 0 Å². The molecular formula is C11H10F3N5O2. The van der Waals surface area contributed by atoms with Crippen molar-refractivity contribution in [2.75, 3.05) is 11.1 Å². The number of nitrogens with one attached hydrogen (secondary N) is 2. The van der Waals surface area contributed by atoms with E-state index in [2.05, 4.69) is 15.5 Å². The summed E-state index contributed by atoms with van der Waals surface area (Å²) in [6.45, 7) is 0.136. The number of alkyl halides is 3. The van der Waals surface area contributed by atoms with E-state index in [-0.39, 0.29) is 12.2 Å². The molecule has 0 aliphatic rings. The van der Waals surface area contributed by atoms with Crippen LogP contribution in [0.25, 0.3) is 0 Å². The molecule has 0 saturated heterocycles. The minimum atomic E-state index is -4.81. The zero-order valence-electron chi connectivity index (χ0n) is 10.4. The van der Waals surface area contributed by atoms with Crippen LogP contribution >= 0.6 is 0 Å². The number of benzene rings is 1. The Kier molecular flexibility index (Phi) is 3.70. The average Bonchev–Trinajstić information content (AvgIpc) is 2.80. The lowest BCUT2D eigenvalue weighted by atomic mass is 10.1. The summed E-state index contributed by atoms with van der Waals surface area (Å²) in [5.74, 6) is 0.292. The number of nitrogens with two attached hydrogens (primary N) is 1. The number of aromatic nitrogens is 2. The van der Waals surface area contributed by atoms with E-state index in [9.17, 15) is 23.3 Å². The second kappa shape index (κ2) is 5.31. The number of aromatic amines is 1. The van der Waals surface area contributed by atoms with Gasteiger partial charge in [-0.05, 0) is 12.1 Å². The van der Waals surface area contributed by atoms with Crippen LogP contribution in [0.4, 0.5) is 30.4 Å². The van der Waals surface area contributed by atoms with E-state index < -0.39 is 22.4 Å². The monoisotopic (exact) mass is 301 g/mol. The first-order chi connectivity index (χ1) is 9.79. The fourth-order valence-electron chi connectivity index (χ4n) is 1.69. The van der Waals surface area contributed by atoms with Crippen molar-refractivity contribution < 1.29 is 18.1 Å². The van der Waals surface area contributed by atoms with Gasteiger partial charge in [-0.2, -0.15) is 18.3 Å². The third-order valence-corrected chi connectivity index (χ3v) is 2.73. The molecule has 0 saturated carbocycles. The van der Waals surface area contributed by atoms with Gasteiger partial charge in [-0.3, -0.25) is 15.2 Å². The molecule has 0 unspecified atom stereocenters. The van der Waals surface area contributed by atoms with E-state index in [1.807, 2.05) is 0 Å². The van der Waals surface area contributed by atoms with Crippen LogP contribution in [-0.4, -0.2) is 15.1 Å². The molecule has 2 rings (SSSR count). The molecule has 0 atom stereocenters. The smallest absolute Gasteiger partial charge is 0.384 e. The summed E-state index contributed by atoms with van der Waals surface area (Å²) in [6, 6.07) is 2.70. The Hall–Kier alpha value is -2.78. The van der Waals surface area contributed by atoms with Crippen LogP contribution in [0.2, 0.25) is 0 Å². The number of hydrogen-bond acceptors (Lipinski definition) is 5. The van der Waals surface area contributed by atoms with Crippen molar-refractivity contribution in [1.29, 1.82) is 0 Å². The quantitative estimate of drug-likeness (QED) is 0.593. The van der Waals surface area contributed by atoms with E-state index in [0.29, 0.717) is 17.4 Å². The van der Waals surface area contributed by atoms with Crippen molar-refractivity contribution in [3.8, 4) is 0 Å². The van der Waals surface area contributed by atoms with E-state index in [0.717, 1.165) is 6.07 Å². The molecule has 1 aromatic heterocycles. The van der Waals surface area contributed by atoms with Gasteiger partial charge < -0.3 is 11.1 Å². The maximum atomic E-state index is 12.8. The Bertz CT molecular complexity index is 668. The van der Waals surface area contributed by atoms with Crippen LogP contribution < -0.4 is 11.1 Å². The predicted octanol–water partition coefficient (Wildman–Crippen LogP) is 2.53. The Labute approximate surface area is 116 Å². The molecule has 21 heavy (non-hydrogen) atoms. The number of nitro groups is 1. The fourth-order valence-corrected chi connectivity index (χ4v) is 1.69. The van der Waals surface area contributed by atoms with Gasteiger partial charge in [0.15, 0.2) is 0 Å². The van der Waals surface area contributed by atoms with E-state index in [1.165, 1.54) is 12.3 Å². The van der Waals surface area contributed by atoms with Gasteiger partial charge in [-0.1, -0.05) is 0 Å². The molecule has 2 aromatic rings. The summed E-state index contributed by atoms with van der Waals surface area (Å²) in [5.41, 5.74) is 3.91.